The largest absolute Gasteiger partial charge is 0.493 e. The maximum atomic E-state index is 12.0. The molecule has 3 amide bonds. The van der Waals surface area contributed by atoms with Gasteiger partial charge in [-0.2, -0.15) is 0 Å². The zero-order valence-electron chi connectivity index (χ0n) is 15.6. The van der Waals surface area contributed by atoms with Gasteiger partial charge in [-0.25, -0.2) is 0 Å². The third kappa shape index (κ3) is 3.91. The van der Waals surface area contributed by atoms with Crippen LogP contribution in [0.1, 0.15) is 30.4 Å². The number of nitrogens with one attached hydrogen (secondary N) is 1. The molecule has 28 heavy (non-hydrogen) atoms. The first-order valence-electron chi connectivity index (χ1n) is 9.55. The summed E-state index contributed by atoms with van der Waals surface area (Å²) in [6, 6.07) is 14.3. The maximum Gasteiger partial charge on any atom is 0.229 e. The molecule has 1 saturated heterocycles. The van der Waals surface area contributed by atoms with Gasteiger partial charge in [0.15, 0.2) is 0 Å². The number of ether oxygens (including phenoxy) is 1. The molecule has 4 rings (SSSR count). The van der Waals surface area contributed by atoms with Gasteiger partial charge in [0.05, 0.1) is 6.61 Å². The van der Waals surface area contributed by atoms with Crippen molar-refractivity contribution in [3.05, 3.63) is 53.6 Å². The van der Waals surface area contributed by atoms with Gasteiger partial charge < -0.3 is 10.1 Å². The fraction of sp³-hybridized carbons (Fsp3) is 0.318. The second kappa shape index (κ2) is 7.84. The van der Waals surface area contributed by atoms with E-state index < -0.39 is 0 Å². The Morgan fingerprint density at radius 2 is 1.68 bits per heavy atom. The second-order valence-electron chi connectivity index (χ2n) is 7.08. The summed E-state index contributed by atoms with van der Waals surface area (Å²) >= 11 is 0. The topological polar surface area (TPSA) is 75.7 Å². The molecule has 2 aliphatic heterocycles. The molecule has 0 radical (unpaired) electrons. The first-order valence-corrected chi connectivity index (χ1v) is 9.55. The van der Waals surface area contributed by atoms with Crippen LogP contribution in [0.15, 0.2) is 42.5 Å². The molecular formula is C22H22N2O4. The summed E-state index contributed by atoms with van der Waals surface area (Å²) in [6.45, 7) is 1.32. The van der Waals surface area contributed by atoms with Crippen LogP contribution in [0, 0.1) is 0 Å². The number of benzene rings is 2. The lowest BCUT2D eigenvalue weighted by Gasteiger charge is -2.13. The van der Waals surface area contributed by atoms with Crippen LogP contribution in [0.2, 0.25) is 0 Å². The summed E-state index contributed by atoms with van der Waals surface area (Å²) in [6.07, 6.45) is 1.59. The molecule has 144 valence electrons. The van der Waals surface area contributed by atoms with Crippen LogP contribution in [-0.4, -0.2) is 35.8 Å². The van der Waals surface area contributed by atoms with Gasteiger partial charge in [0.1, 0.15) is 5.75 Å². The molecule has 6 nitrogen and oxygen atoms in total. The van der Waals surface area contributed by atoms with E-state index in [-0.39, 0.29) is 43.5 Å². The van der Waals surface area contributed by atoms with E-state index in [2.05, 4.69) is 17.4 Å². The van der Waals surface area contributed by atoms with Crippen molar-refractivity contribution in [3.8, 4) is 16.9 Å². The van der Waals surface area contributed by atoms with Crippen LogP contribution in [0.4, 0.5) is 0 Å². The van der Waals surface area contributed by atoms with Crippen LogP contribution < -0.4 is 10.1 Å². The molecule has 2 heterocycles. The van der Waals surface area contributed by atoms with Crippen molar-refractivity contribution < 1.29 is 19.1 Å². The van der Waals surface area contributed by atoms with Gasteiger partial charge >= 0.3 is 0 Å². The predicted octanol–water partition coefficient (Wildman–Crippen LogP) is 2.44. The summed E-state index contributed by atoms with van der Waals surface area (Å²) in [5.41, 5.74) is 4.51. The lowest BCUT2D eigenvalue weighted by Crippen LogP contribution is -2.34. The molecule has 0 aromatic heterocycles. The number of rotatable bonds is 6. The molecule has 0 unspecified atom stereocenters. The third-order valence-electron chi connectivity index (χ3n) is 5.18. The van der Waals surface area contributed by atoms with Gasteiger partial charge in [0, 0.05) is 38.8 Å². The number of likely N-dealkylation sites (tertiary alicyclic amines) is 1. The Hall–Kier alpha value is -3.15. The summed E-state index contributed by atoms with van der Waals surface area (Å²) in [5.74, 6) is 0.425. The molecule has 0 atom stereocenters. The molecule has 0 aliphatic carbocycles. The average molecular weight is 378 g/mol. The van der Waals surface area contributed by atoms with Crippen LogP contribution in [0.3, 0.4) is 0 Å². The van der Waals surface area contributed by atoms with Gasteiger partial charge in [0.25, 0.3) is 0 Å². The Morgan fingerprint density at radius 3 is 2.43 bits per heavy atom. The van der Waals surface area contributed by atoms with Crippen molar-refractivity contribution in [2.24, 2.45) is 0 Å². The van der Waals surface area contributed by atoms with Crippen molar-refractivity contribution in [2.45, 2.75) is 32.2 Å². The maximum absolute atomic E-state index is 12.0. The Morgan fingerprint density at radius 1 is 0.964 bits per heavy atom. The van der Waals surface area contributed by atoms with E-state index in [0.717, 1.165) is 35.5 Å². The number of fused-ring (bicyclic) bond motifs is 1. The van der Waals surface area contributed by atoms with Crippen molar-refractivity contribution in [1.29, 1.82) is 0 Å². The van der Waals surface area contributed by atoms with Crippen molar-refractivity contribution >= 4 is 17.7 Å². The van der Waals surface area contributed by atoms with Crippen molar-refractivity contribution in [1.82, 2.24) is 10.2 Å². The van der Waals surface area contributed by atoms with E-state index in [1.54, 1.807) is 0 Å². The smallest absolute Gasteiger partial charge is 0.229 e. The Balaban J connectivity index is 1.29. The number of amides is 3. The molecule has 2 aliphatic rings. The van der Waals surface area contributed by atoms with Gasteiger partial charge in [-0.1, -0.05) is 30.3 Å². The first-order chi connectivity index (χ1) is 13.6. The predicted molar refractivity (Wildman–Crippen MR) is 103 cm³/mol. The van der Waals surface area contributed by atoms with Crippen molar-refractivity contribution in [2.75, 3.05) is 13.2 Å². The molecule has 1 N–H and O–H groups in total. The number of carbonyl (C=O) groups excluding carboxylic acids is 3. The zero-order chi connectivity index (χ0) is 19.5. The number of nitrogens with zero attached hydrogens (tertiary/aromatic N) is 1. The first kappa shape index (κ1) is 18.2. The lowest BCUT2D eigenvalue weighted by atomic mass is 10.0. The monoisotopic (exact) mass is 378 g/mol. The fourth-order valence-electron chi connectivity index (χ4n) is 3.56. The summed E-state index contributed by atoms with van der Waals surface area (Å²) in [7, 11) is 0. The second-order valence-corrected chi connectivity index (χ2v) is 7.08. The van der Waals surface area contributed by atoms with E-state index in [4.69, 9.17) is 4.74 Å². The highest BCUT2D eigenvalue weighted by Crippen LogP contribution is 2.30. The fourth-order valence-corrected chi connectivity index (χ4v) is 3.56. The van der Waals surface area contributed by atoms with E-state index in [1.165, 1.54) is 10.5 Å². The quantitative estimate of drug-likeness (QED) is 0.784. The third-order valence-corrected chi connectivity index (χ3v) is 5.18. The molecule has 0 bridgehead atoms. The molecule has 6 heteroatoms. The summed E-state index contributed by atoms with van der Waals surface area (Å²) in [5, 5.41) is 2.84. The van der Waals surface area contributed by atoms with Gasteiger partial charge in [-0.3, -0.25) is 19.3 Å². The van der Waals surface area contributed by atoms with E-state index >= 15 is 0 Å². The Labute approximate surface area is 163 Å². The number of hydrogen-bond acceptors (Lipinski definition) is 4. The zero-order valence-corrected chi connectivity index (χ0v) is 15.6. The molecule has 0 spiro atoms. The highest BCUT2D eigenvalue weighted by Gasteiger charge is 2.28. The molecule has 0 saturated carbocycles. The van der Waals surface area contributed by atoms with E-state index in [1.807, 2.05) is 30.3 Å². The lowest BCUT2D eigenvalue weighted by molar-refractivity contribution is -0.138. The van der Waals surface area contributed by atoms with E-state index in [9.17, 15) is 14.4 Å². The average Bonchev–Trinajstić information content (AvgIpc) is 3.31. The number of hydrogen-bond donors (Lipinski definition) is 1. The molecule has 1 fully saturated rings. The van der Waals surface area contributed by atoms with Gasteiger partial charge in [0.2, 0.25) is 17.7 Å². The molecule has 2 aromatic carbocycles. The standard InChI is InChI=1S/C22H22N2O4/c25-20(9-11-24-21(26)7-8-22(24)27)23-14-15-1-3-16(4-2-15)17-5-6-19-18(13-17)10-12-28-19/h1-6,13H,7-12,14H2,(H,23,25). The van der Waals surface area contributed by atoms with E-state index in [0.29, 0.717) is 6.54 Å². The minimum Gasteiger partial charge on any atom is -0.493 e. The Kier molecular flexibility index (Phi) is 5.10. The Bertz CT molecular complexity index is 905. The van der Waals surface area contributed by atoms with Gasteiger partial charge in [-0.15, -0.1) is 0 Å². The molecule has 2 aromatic rings. The summed E-state index contributed by atoms with van der Waals surface area (Å²) < 4.78 is 5.55. The minimum atomic E-state index is -0.188. The highest BCUT2D eigenvalue weighted by atomic mass is 16.5. The van der Waals surface area contributed by atoms with Crippen LogP contribution >= 0.6 is 0 Å². The highest BCUT2D eigenvalue weighted by molar-refractivity contribution is 6.02. The number of imide groups is 1. The van der Waals surface area contributed by atoms with Gasteiger partial charge in [-0.05, 0) is 34.4 Å². The summed E-state index contributed by atoms with van der Waals surface area (Å²) in [4.78, 5) is 36.3. The van der Waals surface area contributed by atoms with Crippen LogP contribution in [0.5, 0.6) is 5.75 Å². The number of carbonyl (C=O) groups is 3. The minimum absolute atomic E-state index is 0.132. The normalized spacial score (nSPS) is 15.5. The van der Waals surface area contributed by atoms with Crippen molar-refractivity contribution in [3.63, 3.8) is 0 Å². The SMILES string of the molecule is O=C(CCN1C(=O)CCC1=O)NCc1ccc(-c2ccc3c(c2)CCO3)cc1. The van der Waals surface area contributed by atoms with Crippen LogP contribution in [0.25, 0.3) is 11.1 Å². The van der Waals surface area contributed by atoms with Crippen LogP contribution in [-0.2, 0) is 27.3 Å². The molecular weight excluding hydrogens is 356 g/mol.